The minimum absolute atomic E-state index is 0.0880. The number of phosphoric acid groups is 1. The predicted molar refractivity (Wildman–Crippen MR) is 89.2 cm³/mol. The summed E-state index contributed by atoms with van der Waals surface area (Å²) in [6.07, 6.45) is -3.38. The van der Waals surface area contributed by atoms with Crippen LogP contribution in [0.15, 0.2) is 39.9 Å². The largest absolute Gasteiger partial charge is 0.469 e. The first-order chi connectivity index (χ1) is 12.6. The van der Waals surface area contributed by atoms with Crippen molar-refractivity contribution >= 4 is 7.82 Å². The molecule has 1 aromatic heterocycles. The molecule has 1 aliphatic heterocycles. The average Bonchev–Trinajstić information content (AvgIpc) is 2.92. The summed E-state index contributed by atoms with van der Waals surface area (Å²) in [7, 11) is -4.76. The van der Waals surface area contributed by atoms with Crippen LogP contribution in [0.2, 0.25) is 0 Å². The van der Waals surface area contributed by atoms with E-state index in [2.05, 4.69) is 9.51 Å². The molecule has 27 heavy (non-hydrogen) atoms. The Bertz CT molecular complexity index is 983. The maximum atomic E-state index is 13.2. The molecule has 10 nitrogen and oxygen atoms in total. The van der Waals surface area contributed by atoms with E-state index in [-0.39, 0.29) is 12.1 Å². The van der Waals surface area contributed by atoms with Gasteiger partial charge in [-0.05, 0) is 29.8 Å². The molecule has 12 heteroatoms. The first kappa shape index (κ1) is 19.6. The molecule has 3 rings (SSSR count). The molecule has 3 atom stereocenters. The van der Waals surface area contributed by atoms with Crippen LogP contribution in [0.25, 0.3) is 11.3 Å². The Balaban J connectivity index is 1.95. The van der Waals surface area contributed by atoms with Gasteiger partial charge in [-0.2, -0.15) is 0 Å². The van der Waals surface area contributed by atoms with Crippen molar-refractivity contribution in [3.63, 3.8) is 0 Å². The lowest BCUT2D eigenvalue weighted by molar-refractivity contribution is -0.0445. The standard InChI is InChI=1S/C15H16FN2O8P/c16-9-3-1-8(2-4-9)10-5-13(20)17-15(21)18(10)14-6-11(19)12(26-14)7-25-27(22,23)24/h1-5,11-12,14,19H,6-7H2,(H,17,20,21)(H2,22,23,24)/t11-,12+,14+/m0/s1. The van der Waals surface area contributed by atoms with Crippen molar-refractivity contribution in [3.05, 3.63) is 57.0 Å². The monoisotopic (exact) mass is 402 g/mol. The van der Waals surface area contributed by atoms with Gasteiger partial charge in [0, 0.05) is 12.5 Å². The van der Waals surface area contributed by atoms with Crippen molar-refractivity contribution in [2.45, 2.75) is 24.9 Å². The van der Waals surface area contributed by atoms with Gasteiger partial charge < -0.3 is 19.6 Å². The Morgan fingerprint density at radius 3 is 2.59 bits per heavy atom. The molecule has 2 aromatic rings. The molecule has 146 valence electrons. The van der Waals surface area contributed by atoms with Gasteiger partial charge >= 0.3 is 13.5 Å². The van der Waals surface area contributed by atoms with Crippen molar-refractivity contribution in [2.24, 2.45) is 0 Å². The Morgan fingerprint density at radius 1 is 1.30 bits per heavy atom. The molecule has 0 unspecified atom stereocenters. The number of phosphoric ester groups is 1. The zero-order valence-electron chi connectivity index (χ0n) is 13.7. The lowest BCUT2D eigenvalue weighted by Gasteiger charge is -2.19. The van der Waals surface area contributed by atoms with E-state index in [4.69, 9.17) is 14.5 Å². The van der Waals surface area contributed by atoms with E-state index in [1.54, 1.807) is 0 Å². The molecular formula is C15H16FN2O8P. The number of hydrogen-bond donors (Lipinski definition) is 4. The lowest BCUT2D eigenvalue weighted by Crippen LogP contribution is -2.33. The summed E-state index contributed by atoms with van der Waals surface area (Å²) >= 11 is 0. The Kier molecular flexibility index (Phi) is 5.43. The van der Waals surface area contributed by atoms with Crippen LogP contribution in [-0.4, -0.2) is 43.3 Å². The summed E-state index contributed by atoms with van der Waals surface area (Å²) in [5.41, 5.74) is -0.976. The van der Waals surface area contributed by atoms with Crippen molar-refractivity contribution in [1.82, 2.24) is 9.55 Å². The van der Waals surface area contributed by atoms with Gasteiger partial charge in [0.05, 0.1) is 18.4 Å². The molecule has 1 aromatic carbocycles. The highest BCUT2D eigenvalue weighted by atomic mass is 31.2. The third kappa shape index (κ3) is 4.59. The normalized spacial score (nSPS) is 22.9. The van der Waals surface area contributed by atoms with E-state index in [9.17, 15) is 23.7 Å². The zero-order valence-corrected chi connectivity index (χ0v) is 14.6. The number of aromatic nitrogens is 2. The molecule has 0 spiro atoms. The summed E-state index contributed by atoms with van der Waals surface area (Å²) in [6.45, 7) is -0.591. The summed E-state index contributed by atoms with van der Waals surface area (Å²) < 4.78 is 34.9. The second-order valence-electron chi connectivity index (χ2n) is 5.92. The minimum Gasteiger partial charge on any atom is -0.390 e. The molecule has 1 fully saturated rings. The molecule has 0 aliphatic carbocycles. The smallest absolute Gasteiger partial charge is 0.390 e. The van der Waals surface area contributed by atoms with Gasteiger partial charge in [-0.25, -0.2) is 13.8 Å². The van der Waals surface area contributed by atoms with Crippen molar-refractivity contribution < 1.29 is 33.1 Å². The third-order valence-corrected chi connectivity index (χ3v) is 4.50. The van der Waals surface area contributed by atoms with Gasteiger partial charge in [0.2, 0.25) is 0 Å². The van der Waals surface area contributed by atoms with Crippen molar-refractivity contribution in [2.75, 3.05) is 6.61 Å². The Hall–Kier alpha value is -2.14. The molecule has 0 amide bonds. The number of ether oxygens (including phenoxy) is 1. The first-order valence-electron chi connectivity index (χ1n) is 7.79. The number of rotatable bonds is 5. The fourth-order valence-corrected chi connectivity index (χ4v) is 3.17. The molecular weight excluding hydrogens is 386 g/mol. The summed E-state index contributed by atoms with van der Waals surface area (Å²) in [5.74, 6) is -0.500. The second kappa shape index (κ2) is 7.47. The SMILES string of the molecule is O=c1cc(-c2ccc(F)cc2)n([C@H]2C[C@H](O)[C@@H](COP(=O)(O)O)O2)c(=O)[nH]1. The maximum Gasteiger partial charge on any atom is 0.469 e. The number of nitrogens with zero attached hydrogens (tertiary/aromatic N) is 1. The number of H-pyrrole nitrogens is 1. The Labute approximate surface area is 151 Å². The Morgan fingerprint density at radius 2 is 1.96 bits per heavy atom. The van der Waals surface area contributed by atoms with Crippen LogP contribution in [0.5, 0.6) is 0 Å². The number of halogens is 1. The van der Waals surface area contributed by atoms with Gasteiger partial charge in [0.1, 0.15) is 18.1 Å². The molecule has 0 saturated carbocycles. The van der Waals surface area contributed by atoms with E-state index in [0.29, 0.717) is 5.56 Å². The van der Waals surface area contributed by atoms with Crippen LogP contribution in [0.3, 0.4) is 0 Å². The number of aliphatic hydroxyl groups excluding tert-OH is 1. The van der Waals surface area contributed by atoms with E-state index >= 15 is 0 Å². The van der Waals surface area contributed by atoms with E-state index < -0.39 is 49.9 Å². The fourth-order valence-electron chi connectivity index (χ4n) is 2.83. The van der Waals surface area contributed by atoms with Crippen molar-refractivity contribution in [1.29, 1.82) is 0 Å². The summed E-state index contributed by atoms with van der Waals surface area (Å²) in [4.78, 5) is 43.7. The third-order valence-electron chi connectivity index (χ3n) is 4.02. The lowest BCUT2D eigenvalue weighted by atomic mass is 10.1. The summed E-state index contributed by atoms with van der Waals surface area (Å²) in [5, 5.41) is 10.1. The van der Waals surface area contributed by atoms with Crippen LogP contribution in [0, 0.1) is 5.82 Å². The molecule has 2 heterocycles. The topological polar surface area (TPSA) is 151 Å². The van der Waals surface area contributed by atoms with Gasteiger partial charge in [-0.15, -0.1) is 0 Å². The first-order valence-corrected chi connectivity index (χ1v) is 9.32. The van der Waals surface area contributed by atoms with Gasteiger partial charge in [-0.3, -0.25) is 18.9 Å². The average molecular weight is 402 g/mol. The van der Waals surface area contributed by atoms with Gasteiger partial charge in [0.15, 0.2) is 0 Å². The van der Waals surface area contributed by atoms with Crippen LogP contribution < -0.4 is 11.2 Å². The highest BCUT2D eigenvalue weighted by molar-refractivity contribution is 7.46. The molecule has 1 saturated heterocycles. The molecule has 0 bridgehead atoms. The highest BCUT2D eigenvalue weighted by Gasteiger charge is 2.38. The quantitative estimate of drug-likeness (QED) is 0.514. The number of aromatic amines is 1. The predicted octanol–water partition coefficient (Wildman–Crippen LogP) is 0.100. The van der Waals surface area contributed by atoms with Crippen LogP contribution in [0.4, 0.5) is 4.39 Å². The second-order valence-corrected chi connectivity index (χ2v) is 7.16. The molecule has 4 N–H and O–H groups in total. The number of nitrogens with one attached hydrogen (secondary N) is 1. The summed E-state index contributed by atoms with van der Waals surface area (Å²) in [6, 6.07) is 6.20. The number of hydrogen-bond acceptors (Lipinski definition) is 6. The van der Waals surface area contributed by atoms with Crippen LogP contribution >= 0.6 is 7.82 Å². The van der Waals surface area contributed by atoms with E-state index in [0.717, 1.165) is 22.8 Å². The number of benzene rings is 1. The van der Waals surface area contributed by atoms with E-state index in [1.807, 2.05) is 0 Å². The minimum atomic E-state index is -4.76. The van der Waals surface area contributed by atoms with Gasteiger partial charge in [-0.1, -0.05) is 0 Å². The van der Waals surface area contributed by atoms with Crippen LogP contribution in [-0.2, 0) is 13.8 Å². The maximum absolute atomic E-state index is 13.2. The van der Waals surface area contributed by atoms with E-state index in [1.165, 1.54) is 12.1 Å². The molecule has 0 radical (unpaired) electrons. The number of aliphatic hydroxyl groups is 1. The molecule has 1 aliphatic rings. The zero-order chi connectivity index (χ0) is 19.8. The van der Waals surface area contributed by atoms with Crippen molar-refractivity contribution in [3.8, 4) is 11.3 Å². The van der Waals surface area contributed by atoms with Crippen LogP contribution in [0.1, 0.15) is 12.6 Å². The highest BCUT2D eigenvalue weighted by Crippen LogP contribution is 2.38. The fraction of sp³-hybridized carbons (Fsp3) is 0.333. The van der Waals surface area contributed by atoms with Gasteiger partial charge in [0.25, 0.3) is 5.56 Å².